The SMILES string of the molecule is O=C(O)c1ccc(-c2nc(CN3CCOCC3C3CCCO3)cs2)cc1. The summed E-state index contributed by atoms with van der Waals surface area (Å²) in [5.41, 5.74) is 2.28. The first-order valence-corrected chi connectivity index (χ1v) is 9.80. The van der Waals surface area contributed by atoms with E-state index in [2.05, 4.69) is 10.3 Å². The van der Waals surface area contributed by atoms with Gasteiger partial charge in [-0.1, -0.05) is 12.1 Å². The van der Waals surface area contributed by atoms with Gasteiger partial charge in [-0.15, -0.1) is 11.3 Å². The molecule has 6 nitrogen and oxygen atoms in total. The number of morpholine rings is 1. The van der Waals surface area contributed by atoms with E-state index in [9.17, 15) is 4.79 Å². The van der Waals surface area contributed by atoms with E-state index in [0.29, 0.717) is 11.6 Å². The maximum absolute atomic E-state index is 11.0. The molecule has 3 heterocycles. The van der Waals surface area contributed by atoms with Crippen LogP contribution in [0.25, 0.3) is 10.6 Å². The van der Waals surface area contributed by atoms with Crippen LogP contribution >= 0.6 is 11.3 Å². The number of aromatic nitrogens is 1. The Morgan fingerprint density at radius 1 is 1.31 bits per heavy atom. The molecule has 2 unspecified atom stereocenters. The van der Waals surface area contributed by atoms with Crippen molar-refractivity contribution in [3.05, 3.63) is 40.9 Å². The van der Waals surface area contributed by atoms with Gasteiger partial charge in [0.15, 0.2) is 0 Å². The van der Waals surface area contributed by atoms with Crippen molar-refractivity contribution in [1.82, 2.24) is 9.88 Å². The molecule has 0 radical (unpaired) electrons. The topological polar surface area (TPSA) is 71.9 Å². The van der Waals surface area contributed by atoms with Crippen LogP contribution in [0.1, 0.15) is 28.9 Å². The number of carbonyl (C=O) groups is 1. The number of ether oxygens (including phenoxy) is 2. The summed E-state index contributed by atoms with van der Waals surface area (Å²) in [6.07, 6.45) is 2.49. The summed E-state index contributed by atoms with van der Waals surface area (Å²) < 4.78 is 11.6. The van der Waals surface area contributed by atoms with Crippen LogP contribution in [0.5, 0.6) is 0 Å². The Hall–Kier alpha value is -1.80. The summed E-state index contributed by atoms with van der Waals surface area (Å²) in [4.78, 5) is 18.2. The Kier molecular flexibility index (Phi) is 5.31. The van der Waals surface area contributed by atoms with Crippen LogP contribution in [0.4, 0.5) is 0 Å². The molecule has 0 amide bonds. The van der Waals surface area contributed by atoms with Gasteiger partial charge in [-0.05, 0) is 25.0 Å². The van der Waals surface area contributed by atoms with Gasteiger partial charge in [-0.3, -0.25) is 4.90 Å². The molecule has 1 aromatic carbocycles. The molecule has 2 saturated heterocycles. The monoisotopic (exact) mass is 374 g/mol. The molecule has 1 aromatic heterocycles. The van der Waals surface area contributed by atoms with Crippen molar-refractivity contribution in [2.24, 2.45) is 0 Å². The average Bonchev–Trinajstić information content (AvgIpc) is 3.34. The lowest BCUT2D eigenvalue weighted by atomic mass is 10.1. The van der Waals surface area contributed by atoms with Gasteiger partial charge in [0.25, 0.3) is 0 Å². The fourth-order valence-corrected chi connectivity index (χ4v) is 4.39. The second kappa shape index (κ2) is 7.84. The number of hydrogen-bond donors (Lipinski definition) is 1. The molecule has 7 heteroatoms. The minimum atomic E-state index is -0.913. The number of carboxylic acid groups (broad SMARTS) is 1. The molecule has 1 N–H and O–H groups in total. The van der Waals surface area contributed by atoms with Crippen LogP contribution < -0.4 is 0 Å². The van der Waals surface area contributed by atoms with E-state index in [-0.39, 0.29) is 6.10 Å². The summed E-state index contributed by atoms with van der Waals surface area (Å²) in [6, 6.07) is 7.17. The van der Waals surface area contributed by atoms with E-state index in [4.69, 9.17) is 19.6 Å². The molecule has 2 aliphatic heterocycles. The van der Waals surface area contributed by atoms with Crippen LogP contribution in [-0.2, 0) is 16.0 Å². The normalized spacial score (nSPS) is 24.0. The highest BCUT2D eigenvalue weighted by Gasteiger charge is 2.33. The van der Waals surface area contributed by atoms with Crippen molar-refractivity contribution in [2.75, 3.05) is 26.4 Å². The zero-order chi connectivity index (χ0) is 17.9. The van der Waals surface area contributed by atoms with Gasteiger partial charge in [0.2, 0.25) is 0 Å². The second-order valence-corrected chi connectivity index (χ2v) is 7.55. The molecule has 4 rings (SSSR count). The third-order valence-corrected chi connectivity index (χ3v) is 5.91. The maximum Gasteiger partial charge on any atom is 0.335 e. The molecule has 138 valence electrons. The van der Waals surface area contributed by atoms with Gasteiger partial charge in [-0.2, -0.15) is 0 Å². The summed E-state index contributed by atoms with van der Waals surface area (Å²) in [5.74, 6) is -0.913. The number of aromatic carboxylic acids is 1. The fourth-order valence-electron chi connectivity index (χ4n) is 3.58. The van der Waals surface area contributed by atoms with E-state index in [1.165, 1.54) is 0 Å². The lowest BCUT2D eigenvalue weighted by Crippen LogP contribution is -2.51. The Labute approximate surface area is 156 Å². The molecule has 2 aromatic rings. The van der Waals surface area contributed by atoms with E-state index < -0.39 is 5.97 Å². The fraction of sp³-hybridized carbons (Fsp3) is 0.474. The molecule has 26 heavy (non-hydrogen) atoms. The first kappa shape index (κ1) is 17.6. The van der Waals surface area contributed by atoms with Crippen molar-refractivity contribution in [2.45, 2.75) is 31.5 Å². The zero-order valence-corrected chi connectivity index (χ0v) is 15.3. The van der Waals surface area contributed by atoms with E-state index >= 15 is 0 Å². The molecule has 0 spiro atoms. The highest BCUT2D eigenvalue weighted by Crippen LogP contribution is 2.27. The van der Waals surface area contributed by atoms with E-state index in [0.717, 1.165) is 62.0 Å². The lowest BCUT2D eigenvalue weighted by molar-refractivity contribution is -0.0688. The third kappa shape index (κ3) is 3.81. The van der Waals surface area contributed by atoms with Gasteiger partial charge >= 0.3 is 5.97 Å². The van der Waals surface area contributed by atoms with Gasteiger partial charge in [-0.25, -0.2) is 9.78 Å². The molecule has 2 atom stereocenters. The van der Waals surface area contributed by atoms with Crippen molar-refractivity contribution in [3.63, 3.8) is 0 Å². The summed E-state index contributed by atoms with van der Waals surface area (Å²) >= 11 is 1.59. The summed E-state index contributed by atoms with van der Waals surface area (Å²) in [7, 11) is 0. The minimum Gasteiger partial charge on any atom is -0.478 e. The predicted molar refractivity (Wildman–Crippen MR) is 98.5 cm³/mol. The molecular formula is C19H22N2O4S. The summed E-state index contributed by atoms with van der Waals surface area (Å²) in [5, 5.41) is 12.0. The highest BCUT2D eigenvalue weighted by molar-refractivity contribution is 7.13. The van der Waals surface area contributed by atoms with Crippen LogP contribution in [0.3, 0.4) is 0 Å². The zero-order valence-electron chi connectivity index (χ0n) is 14.5. The molecule has 2 fully saturated rings. The van der Waals surface area contributed by atoms with Gasteiger partial charge in [0.1, 0.15) is 5.01 Å². The second-order valence-electron chi connectivity index (χ2n) is 6.69. The maximum atomic E-state index is 11.0. The number of benzene rings is 1. The Balaban J connectivity index is 1.46. The molecule has 2 aliphatic rings. The molecule has 0 aliphatic carbocycles. The Bertz CT molecular complexity index is 755. The van der Waals surface area contributed by atoms with Crippen molar-refractivity contribution >= 4 is 17.3 Å². The molecule has 0 saturated carbocycles. The Morgan fingerprint density at radius 3 is 2.88 bits per heavy atom. The van der Waals surface area contributed by atoms with Crippen LogP contribution in [0.2, 0.25) is 0 Å². The van der Waals surface area contributed by atoms with Crippen molar-refractivity contribution in [1.29, 1.82) is 0 Å². The van der Waals surface area contributed by atoms with Crippen molar-refractivity contribution in [3.8, 4) is 10.6 Å². The van der Waals surface area contributed by atoms with Crippen LogP contribution in [0.15, 0.2) is 29.6 Å². The average molecular weight is 374 g/mol. The lowest BCUT2D eigenvalue weighted by Gasteiger charge is -2.38. The first-order chi connectivity index (χ1) is 12.7. The number of thiazole rings is 1. The first-order valence-electron chi connectivity index (χ1n) is 8.92. The number of nitrogens with zero attached hydrogens (tertiary/aromatic N) is 2. The van der Waals surface area contributed by atoms with Gasteiger partial charge in [0.05, 0.1) is 36.6 Å². The number of rotatable bonds is 5. The Morgan fingerprint density at radius 2 is 2.15 bits per heavy atom. The van der Waals surface area contributed by atoms with Gasteiger partial charge in [0, 0.05) is 30.6 Å². The van der Waals surface area contributed by atoms with Crippen LogP contribution in [0, 0.1) is 0 Å². The van der Waals surface area contributed by atoms with E-state index in [1.807, 2.05) is 12.1 Å². The largest absolute Gasteiger partial charge is 0.478 e. The quantitative estimate of drug-likeness (QED) is 0.868. The van der Waals surface area contributed by atoms with Crippen LogP contribution in [-0.4, -0.2) is 59.5 Å². The summed E-state index contributed by atoms with van der Waals surface area (Å²) in [6.45, 7) is 4.00. The number of carboxylic acids is 1. The predicted octanol–water partition coefficient (Wildman–Crippen LogP) is 2.89. The minimum absolute atomic E-state index is 0.261. The third-order valence-electron chi connectivity index (χ3n) is 4.97. The van der Waals surface area contributed by atoms with E-state index in [1.54, 1.807) is 23.5 Å². The number of hydrogen-bond acceptors (Lipinski definition) is 6. The van der Waals surface area contributed by atoms with Gasteiger partial charge < -0.3 is 14.6 Å². The molecular weight excluding hydrogens is 352 g/mol. The highest BCUT2D eigenvalue weighted by atomic mass is 32.1. The smallest absolute Gasteiger partial charge is 0.335 e. The van der Waals surface area contributed by atoms with Crippen molar-refractivity contribution < 1.29 is 19.4 Å². The molecule has 0 bridgehead atoms. The standard InChI is InChI=1S/C19H22N2O4S/c22-19(23)14-5-3-13(4-6-14)18-20-15(12-26-18)10-21-7-9-24-11-16(21)17-2-1-8-25-17/h3-6,12,16-17H,1-2,7-11H2,(H,22,23).